The van der Waals surface area contributed by atoms with Crippen LogP contribution in [0.5, 0.6) is 11.6 Å². The van der Waals surface area contributed by atoms with Gasteiger partial charge in [-0.3, -0.25) is 9.78 Å². The van der Waals surface area contributed by atoms with E-state index in [9.17, 15) is 4.79 Å². The lowest BCUT2D eigenvalue weighted by molar-refractivity contribution is -0.117. The van der Waals surface area contributed by atoms with Crippen LogP contribution in [0.1, 0.15) is 12.1 Å². The van der Waals surface area contributed by atoms with E-state index in [1.807, 2.05) is 13.0 Å². The number of ether oxygens (including phenoxy) is 1. The maximum atomic E-state index is 11.2. The molecule has 6 heteroatoms. The largest absolute Gasteiger partial charge is 0.436 e. The molecule has 0 saturated heterocycles. The number of amides is 1. The molecule has 0 aromatic carbocycles. The Morgan fingerprint density at radius 3 is 3.00 bits per heavy atom. The number of aryl methyl sites for hydroxylation is 1. The Labute approximate surface area is 108 Å². The predicted octanol–water partition coefficient (Wildman–Crippen LogP) is 0.303. The summed E-state index contributed by atoms with van der Waals surface area (Å²) in [4.78, 5) is 27.3. The fraction of sp³-hybridized carbons (Fsp3) is 0.154. The second kappa shape index (κ2) is 4.56. The van der Waals surface area contributed by atoms with Gasteiger partial charge in [0.15, 0.2) is 11.2 Å². The first-order valence-electron chi connectivity index (χ1n) is 5.76. The van der Waals surface area contributed by atoms with Crippen LogP contribution in [0.15, 0.2) is 29.6 Å². The zero-order valence-electron chi connectivity index (χ0n) is 10.2. The molecule has 2 aromatic rings. The predicted molar refractivity (Wildman–Crippen MR) is 66.0 cm³/mol. The van der Waals surface area contributed by atoms with E-state index in [-0.39, 0.29) is 12.3 Å². The van der Waals surface area contributed by atoms with Crippen LogP contribution in [0, 0.1) is 6.92 Å². The first kappa shape index (κ1) is 11.5. The fourth-order valence-electron chi connectivity index (χ4n) is 1.75. The molecule has 19 heavy (non-hydrogen) atoms. The summed E-state index contributed by atoms with van der Waals surface area (Å²) in [5.41, 5.74) is 1.11. The number of carbonyl (C=O) groups excluding carboxylic acids is 1. The molecule has 3 rings (SSSR count). The van der Waals surface area contributed by atoms with Gasteiger partial charge in [-0.1, -0.05) is 6.08 Å². The van der Waals surface area contributed by atoms with Gasteiger partial charge in [-0.2, -0.15) is 4.99 Å². The van der Waals surface area contributed by atoms with E-state index in [0.29, 0.717) is 22.3 Å². The smallest absolute Gasteiger partial charge is 0.251 e. The van der Waals surface area contributed by atoms with Crippen molar-refractivity contribution in [2.24, 2.45) is 4.99 Å². The van der Waals surface area contributed by atoms with Gasteiger partial charge in [0.25, 0.3) is 5.91 Å². The van der Waals surface area contributed by atoms with Crippen molar-refractivity contribution in [1.82, 2.24) is 15.0 Å². The third-order valence-corrected chi connectivity index (χ3v) is 2.70. The third kappa shape index (κ3) is 2.20. The zero-order valence-corrected chi connectivity index (χ0v) is 10.2. The monoisotopic (exact) mass is 254 g/mol. The Morgan fingerprint density at radius 1 is 1.26 bits per heavy atom. The topological polar surface area (TPSA) is 77.3 Å². The summed E-state index contributed by atoms with van der Waals surface area (Å²) >= 11 is 0. The van der Waals surface area contributed by atoms with E-state index >= 15 is 0 Å². The van der Waals surface area contributed by atoms with E-state index in [1.54, 1.807) is 18.3 Å². The number of fused-ring (bicyclic) bond motifs is 1. The zero-order chi connectivity index (χ0) is 13.2. The number of aromatic nitrogens is 3. The van der Waals surface area contributed by atoms with Crippen LogP contribution in [0.2, 0.25) is 0 Å². The van der Waals surface area contributed by atoms with Crippen molar-refractivity contribution in [3.8, 4) is 11.6 Å². The van der Waals surface area contributed by atoms with Gasteiger partial charge in [-0.15, -0.1) is 0 Å². The van der Waals surface area contributed by atoms with E-state index in [4.69, 9.17) is 4.74 Å². The van der Waals surface area contributed by atoms with Crippen molar-refractivity contribution in [3.63, 3.8) is 0 Å². The highest BCUT2D eigenvalue weighted by atomic mass is 16.5. The third-order valence-electron chi connectivity index (χ3n) is 2.70. The fourth-order valence-corrected chi connectivity index (χ4v) is 1.75. The summed E-state index contributed by atoms with van der Waals surface area (Å²) in [6.45, 7) is 1.85. The van der Waals surface area contributed by atoms with Crippen molar-refractivity contribution in [1.29, 1.82) is 0 Å². The van der Waals surface area contributed by atoms with Crippen molar-refractivity contribution in [3.05, 3.63) is 41.1 Å². The van der Waals surface area contributed by atoms with Crippen LogP contribution in [-0.4, -0.2) is 20.9 Å². The first-order chi connectivity index (χ1) is 9.24. The lowest BCUT2D eigenvalue weighted by atomic mass is 10.2. The van der Waals surface area contributed by atoms with Gasteiger partial charge in [-0.05, 0) is 19.1 Å². The molecule has 3 heterocycles. The highest BCUT2D eigenvalue weighted by Gasteiger charge is 2.10. The minimum atomic E-state index is -0.213. The van der Waals surface area contributed by atoms with Gasteiger partial charge >= 0.3 is 0 Å². The number of hydrogen-bond donors (Lipinski definition) is 0. The van der Waals surface area contributed by atoms with Gasteiger partial charge in [0.05, 0.1) is 10.9 Å². The summed E-state index contributed by atoms with van der Waals surface area (Å²) in [6.07, 6.45) is 4.99. The van der Waals surface area contributed by atoms with Gasteiger partial charge in [-0.25, -0.2) is 9.97 Å². The molecule has 1 aliphatic heterocycles. The van der Waals surface area contributed by atoms with Gasteiger partial charge in [0.2, 0.25) is 5.88 Å². The Bertz CT molecular complexity index is 770. The minimum Gasteiger partial charge on any atom is -0.436 e. The molecule has 0 saturated carbocycles. The van der Waals surface area contributed by atoms with Gasteiger partial charge < -0.3 is 4.74 Å². The molecule has 0 radical (unpaired) electrons. The molecular weight excluding hydrogens is 244 g/mol. The molecule has 0 unspecified atom stereocenters. The Balaban J connectivity index is 2.09. The molecule has 1 aliphatic rings. The summed E-state index contributed by atoms with van der Waals surface area (Å²) < 4.78 is 5.73. The van der Waals surface area contributed by atoms with Crippen LogP contribution in [0.3, 0.4) is 0 Å². The van der Waals surface area contributed by atoms with E-state index in [2.05, 4.69) is 19.9 Å². The number of rotatable bonds is 2. The van der Waals surface area contributed by atoms with Crippen LogP contribution < -0.4 is 15.4 Å². The minimum absolute atomic E-state index is 0.213. The lowest BCUT2D eigenvalue weighted by Crippen LogP contribution is -2.34. The average Bonchev–Trinajstić information content (AvgIpc) is 2.41. The molecule has 94 valence electrons. The molecule has 0 fully saturated rings. The van der Waals surface area contributed by atoms with Crippen molar-refractivity contribution < 1.29 is 9.53 Å². The molecule has 0 spiro atoms. The summed E-state index contributed by atoms with van der Waals surface area (Å²) in [5, 5.41) is 0.644. The molecule has 0 bridgehead atoms. The number of carbonyl (C=O) groups is 1. The average molecular weight is 254 g/mol. The Hall–Kier alpha value is -2.63. The highest BCUT2D eigenvalue weighted by Crippen LogP contribution is 2.18. The second-order valence-corrected chi connectivity index (χ2v) is 4.02. The van der Waals surface area contributed by atoms with Gasteiger partial charge in [0.1, 0.15) is 6.33 Å². The van der Waals surface area contributed by atoms with E-state index in [1.165, 1.54) is 6.33 Å². The number of nitrogens with zero attached hydrogens (tertiary/aromatic N) is 4. The van der Waals surface area contributed by atoms with Crippen molar-refractivity contribution in [2.45, 2.75) is 13.3 Å². The SMILES string of the molecule is Cc1ncccc1Oc1ncnc2c1=CCC(=O)N=2. The van der Waals surface area contributed by atoms with E-state index in [0.717, 1.165) is 5.69 Å². The highest BCUT2D eigenvalue weighted by molar-refractivity contribution is 5.82. The van der Waals surface area contributed by atoms with Crippen LogP contribution in [0.25, 0.3) is 6.08 Å². The van der Waals surface area contributed by atoms with Crippen LogP contribution in [-0.2, 0) is 4.79 Å². The molecule has 2 aromatic heterocycles. The Kier molecular flexibility index (Phi) is 2.75. The molecule has 0 atom stereocenters. The second-order valence-electron chi connectivity index (χ2n) is 4.02. The Morgan fingerprint density at radius 2 is 2.16 bits per heavy atom. The molecule has 0 N–H and O–H groups in total. The quantitative estimate of drug-likeness (QED) is 0.770. The maximum Gasteiger partial charge on any atom is 0.251 e. The lowest BCUT2D eigenvalue weighted by Gasteiger charge is -2.08. The normalized spacial score (nSPS) is 13.2. The van der Waals surface area contributed by atoms with Crippen LogP contribution in [0.4, 0.5) is 0 Å². The number of pyridine rings is 1. The van der Waals surface area contributed by atoms with Crippen LogP contribution >= 0.6 is 0 Å². The summed E-state index contributed by atoms with van der Waals surface area (Å²) in [7, 11) is 0. The maximum absolute atomic E-state index is 11.2. The van der Waals surface area contributed by atoms with Crippen molar-refractivity contribution in [2.75, 3.05) is 0 Å². The van der Waals surface area contributed by atoms with E-state index < -0.39 is 0 Å². The molecular formula is C13H10N4O2. The summed E-state index contributed by atoms with van der Waals surface area (Å²) in [6, 6.07) is 3.59. The number of hydrogen-bond acceptors (Lipinski definition) is 5. The van der Waals surface area contributed by atoms with Gasteiger partial charge in [0, 0.05) is 12.6 Å². The first-order valence-corrected chi connectivity index (χ1v) is 5.76. The van der Waals surface area contributed by atoms with Crippen molar-refractivity contribution >= 4 is 12.0 Å². The molecule has 0 aliphatic carbocycles. The standard InChI is InChI=1S/C13H10N4O2/c1-8-10(3-2-6-14-8)19-13-9-4-5-11(18)17-12(9)15-7-16-13/h2-4,6-7H,5H2,1H3. The molecule has 1 amide bonds. The molecule has 6 nitrogen and oxygen atoms in total. The summed E-state index contributed by atoms with van der Waals surface area (Å²) in [5.74, 6) is 0.792.